The Morgan fingerprint density at radius 1 is 0.957 bits per heavy atom. The van der Waals surface area contributed by atoms with Gasteiger partial charge in [-0.25, -0.2) is 0 Å². The molecule has 2 aromatic carbocycles. The van der Waals surface area contributed by atoms with Crippen LogP contribution in [0.4, 0.5) is 0 Å². The Morgan fingerprint density at radius 3 is 2.65 bits per heavy atom. The van der Waals surface area contributed by atoms with Gasteiger partial charge in [-0.1, -0.05) is 49.2 Å². The third-order valence-corrected chi connectivity index (χ3v) is 5.92. The smallest absolute Gasteiger partial charge is 0.0917 e. The maximum atomic E-state index is 10.8. The lowest BCUT2D eigenvalue weighted by Crippen LogP contribution is -2.48. The number of piperidine rings is 1. The number of aliphatic hydroxyl groups excluding tert-OH is 1. The van der Waals surface area contributed by atoms with Crippen LogP contribution in [0.25, 0.3) is 10.8 Å². The summed E-state index contributed by atoms with van der Waals surface area (Å²) in [5.74, 6) is 0.876. The first-order valence-corrected chi connectivity index (χ1v) is 9.22. The number of β-amino-alcohol motifs (C(OH)–C–C–N with tert-alkyl or cyclic N) is 1. The van der Waals surface area contributed by atoms with Gasteiger partial charge in [-0.3, -0.25) is 4.90 Å². The molecule has 2 aromatic rings. The molecule has 3 unspecified atom stereocenters. The van der Waals surface area contributed by atoms with Crippen molar-refractivity contribution in [2.24, 2.45) is 5.92 Å². The van der Waals surface area contributed by atoms with Crippen LogP contribution < -0.4 is 0 Å². The number of fused-ring (bicyclic) bond motifs is 2. The molecule has 0 spiro atoms. The number of nitrogens with zero attached hydrogens (tertiary/aromatic N) is 1. The highest BCUT2D eigenvalue weighted by Gasteiger charge is 2.33. The molecule has 0 amide bonds. The molecule has 2 fully saturated rings. The molecule has 0 aromatic heterocycles. The van der Waals surface area contributed by atoms with Crippen LogP contribution in [0.3, 0.4) is 0 Å². The van der Waals surface area contributed by atoms with Crippen molar-refractivity contribution in [1.29, 1.82) is 0 Å². The van der Waals surface area contributed by atoms with E-state index in [-0.39, 0.29) is 6.10 Å². The monoisotopic (exact) mass is 309 g/mol. The summed E-state index contributed by atoms with van der Waals surface area (Å²) >= 11 is 0. The molecule has 1 saturated heterocycles. The summed E-state index contributed by atoms with van der Waals surface area (Å²) < 4.78 is 0. The lowest BCUT2D eigenvalue weighted by Gasteiger charge is -2.44. The van der Waals surface area contributed by atoms with E-state index in [1.54, 1.807) is 0 Å². The average molecular weight is 309 g/mol. The summed E-state index contributed by atoms with van der Waals surface area (Å²) in [5.41, 5.74) is 1.06. The third-order valence-electron chi connectivity index (χ3n) is 5.92. The van der Waals surface area contributed by atoms with E-state index in [1.165, 1.54) is 49.3 Å². The zero-order valence-corrected chi connectivity index (χ0v) is 13.8. The van der Waals surface area contributed by atoms with Crippen LogP contribution in [-0.4, -0.2) is 29.1 Å². The molecule has 1 aliphatic heterocycles. The first-order valence-electron chi connectivity index (χ1n) is 9.22. The largest absolute Gasteiger partial charge is 0.387 e. The van der Waals surface area contributed by atoms with E-state index < -0.39 is 0 Å². The van der Waals surface area contributed by atoms with E-state index in [4.69, 9.17) is 0 Å². The first-order chi connectivity index (χ1) is 11.3. The molecule has 2 heteroatoms. The van der Waals surface area contributed by atoms with Gasteiger partial charge in [-0.05, 0) is 60.5 Å². The van der Waals surface area contributed by atoms with Gasteiger partial charge in [-0.2, -0.15) is 0 Å². The van der Waals surface area contributed by atoms with E-state index in [0.717, 1.165) is 24.6 Å². The topological polar surface area (TPSA) is 23.5 Å². The van der Waals surface area contributed by atoms with Crippen molar-refractivity contribution in [3.05, 3.63) is 48.0 Å². The van der Waals surface area contributed by atoms with Crippen LogP contribution in [0.15, 0.2) is 42.5 Å². The molecule has 3 atom stereocenters. The van der Waals surface area contributed by atoms with Gasteiger partial charge in [0.25, 0.3) is 0 Å². The molecule has 0 radical (unpaired) electrons. The minimum atomic E-state index is -0.375. The van der Waals surface area contributed by atoms with E-state index in [1.807, 2.05) is 0 Å². The van der Waals surface area contributed by atoms with Crippen molar-refractivity contribution in [2.75, 3.05) is 13.1 Å². The third kappa shape index (κ3) is 3.15. The zero-order chi connectivity index (χ0) is 15.6. The molecular formula is C21H27NO. The van der Waals surface area contributed by atoms with Gasteiger partial charge >= 0.3 is 0 Å². The first kappa shape index (κ1) is 15.2. The highest BCUT2D eigenvalue weighted by molar-refractivity contribution is 5.83. The molecule has 4 rings (SSSR count). The van der Waals surface area contributed by atoms with Crippen molar-refractivity contribution in [1.82, 2.24) is 4.90 Å². The molecule has 2 aliphatic rings. The summed E-state index contributed by atoms with van der Waals surface area (Å²) in [4.78, 5) is 2.58. The normalized spacial score (nSPS) is 26.8. The molecule has 122 valence electrons. The van der Waals surface area contributed by atoms with Crippen molar-refractivity contribution in [3.63, 3.8) is 0 Å². The number of hydrogen-bond donors (Lipinski definition) is 1. The Hall–Kier alpha value is -1.38. The Balaban J connectivity index is 1.50. The van der Waals surface area contributed by atoms with E-state index in [2.05, 4.69) is 47.4 Å². The highest BCUT2D eigenvalue weighted by atomic mass is 16.3. The van der Waals surface area contributed by atoms with E-state index in [9.17, 15) is 5.11 Å². The Kier molecular flexibility index (Phi) is 4.37. The average Bonchev–Trinajstić information content (AvgIpc) is 2.61. The number of likely N-dealkylation sites (tertiary alicyclic amines) is 1. The fraction of sp³-hybridized carbons (Fsp3) is 0.524. The highest BCUT2D eigenvalue weighted by Crippen LogP contribution is 2.36. The lowest BCUT2D eigenvalue weighted by atomic mass is 9.78. The zero-order valence-electron chi connectivity index (χ0n) is 13.8. The van der Waals surface area contributed by atoms with Gasteiger partial charge in [0.15, 0.2) is 0 Å². The molecule has 1 aliphatic carbocycles. The van der Waals surface area contributed by atoms with Gasteiger partial charge in [0.1, 0.15) is 0 Å². The number of rotatable bonds is 3. The molecule has 2 nitrogen and oxygen atoms in total. The standard InChI is InChI=1S/C21H27NO/c23-21(19-12-11-16-6-1-2-8-18(16)14-19)15-22-13-5-9-17-7-3-4-10-20(17)22/h1-2,6,8,11-12,14,17,20-21,23H,3-5,7,9-10,13,15H2. The summed E-state index contributed by atoms with van der Waals surface area (Å²) in [5, 5.41) is 13.2. The van der Waals surface area contributed by atoms with Crippen LogP contribution in [0.5, 0.6) is 0 Å². The van der Waals surface area contributed by atoms with Gasteiger partial charge in [-0.15, -0.1) is 0 Å². The van der Waals surface area contributed by atoms with Crippen LogP contribution in [0.2, 0.25) is 0 Å². The fourth-order valence-corrected chi connectivity index (χ4v) is 4.70. The lowest BCUT2D eigenvalue weighted by molar-refractivity contribution is 0.0205. The second kappa shape index (κ2) is 6.62. The van der Waals surface area contributed by atoms with Gasteiger partial charge in [0.05, 0.1) is 6.10 Å². The predicted octanol–water partition coefficient (Wildman–Crippen LogP) is 4.53. The SMILES string of the molecule is OC(CN1CCCC2CCCCC21)c1ccc2ccccc2c1. The second-order valence-electron chi connectivity index (χ2n) is 7.37. The Morgan fingerprint density at radius 2 is 1.74 bits per heavy atom. The maximum absolute atomic E-state index is 10.8. The van der Waals surface area contributed by atoms with E-state index >= 15 is 0 Å². The van der Waals surface area contributed by atoms with Crippen LogP contribution in [-0.2, 0) is 0 Å². The minimum absolute atomic E-state index is 0.375. The fourth-order valence-electron chi connectivity index (χ4n) is 4.70. The Labute approximate surface area is 139 Å². The van der Waals surface area contributed by atoms with Crippen LogP contribution >= 0.6 is 0 Å². The summed E-state index contributed by atoms with van der Waals surface area (Å²) in [6.07, 6.45) is 7.81. The molecule has 1 heterocycles. The van der Waals surface area contributed by atoms with Gasteiger partial charge in [0.2, 0.25) is 0 Å². The molecule has 1 saturated carbocycles. The van der Waals surface area contributed by atoms with Gasteiger partial charge in [0, 0.05) is 12.6 Å². The number of hydrogen-bond acceptors (Lipinski definition) is 2. The Bertz CT molecular complexity index is 666. The molecule has 0 bridgehead atoms. The quantitative estimate of drug-likeness (QED) is 0.900. The summed E-state index contributed by atoms with van der Waals surface area (Å²) in [6.45, 7) is 1.95. The van der Waals surface area contributed by atoms with E-state index in [0.29, 0.717) is 6.04 Å². The van der Waals surface area contributed by atoms with Crippen LogP contribution in [0, 0.1) is 5.92 Å². The summed E-state index contributed by atoms with van der Waals surface area (Å²) in [7, 11) is 0. The van der Waals surface area contributed by atoms with Gasteiger partial charge < -0.3 is 5.11 Å². The van der Waals surface area contributed by atoms with Crippen LogP contribution in [0.1, 0.15) is 50.2 Å². The predicted molar refractivity (Wildman–Crippen MR) is 95.5 cm³/mol. The van der Waals surface area contributed by atoms with Crippen molar-refractivity contribution >= 4 is 10.8 Å². The second-order valence-corrected chi connectivity index (χ2v) is 7.37. The minimum Gasteiger partial charge on any atom is -0.387 e. The van der Waals surface area contributed by atoms with Crippen molar-refractivity contribution < 1.29 is 5.11 Å². The molecule has 23 heavy (non-hydrogen) atoms. The number of aliphatic hydroxyl groups is 1. The molecule has 1 N–H and O–H groups in total. The molecular weight excluding hydrogens is 282 g/mol. The van der Waals surface area contributed by atoms with Crippen molar-refractivity contribution in [2.45, 2.75) is 50.7 Å². The maximum Gasteiger partial charge on any atom is 0.0917 e. The van der Waals surface area contributed by atoms with Crippen molar-refractivity contribution in [3.8, 4) is 0 Å². The number of benzene rings is 2. The summed E-state index contributed by atoms with van der Waals surface area (Å²) in [6, 6.07) is 15.5.